The first-order valence-corrected chi connectivity index (χ1v) is 36.0. The summed E-state index contributed by atoms with van der Waals surface area (Å²) in [5.74, 6) is 0. The number of nitrogens with zero attached hydrogens (tertiary/aromatic N) is 5. The number of pyridine rings is 1. The normalized spacial score (nSPS) is 11.9. The van der Waals surface area contributed by atoms with Crippen LogP contribution < -0.4 is 0 Å². The van der Waals surface area contributed by atoms with Gasteiger partial charge in [0, 0.05) is 61.9 Å². The Morgan fingerprint density at radius 2 is 0.528 bits per heavy atom. The van der Waals surface area contributed by atoms with Crippen LogP contribution in [-0.2, 0) is 0 Å². The molecule has 0 aliphatic rings. The fourth-order valence-corrected chi connectivity index (χ4v) is 17.7. The molecule has 0 amide bonds. The first-order valence-electron chi connectivity index (χ1n) is 36.0. The van der Waals surface area contributed by atoms with Gasteiger partial charge < -0.3 is 9.13 Å². The fourth-order valence-electron chi connectivity index (χ4n) is 17.7. The zero-order valence-electron chi connectivity index (χ0n) is 57.1. The molecule has 0 radical (unpaired) electrons. The SMILES string of the molecule is [C-]#[N+]c1cc2ccc3cc(-c4ccc(-c5cc6ccc7cc(-c8cccc9ccccc89)cc8ccc(c5)c6c78)cc4)cc4c3c2c(c1)n4-c1ccccc1.[C-]#[N+]c1cc2ccc3cc(-c4ccc(-c5cc6ccc7cc(-c8cccnc8)cc8ccc(c5)c6c78)cc4)cc4c3c2c(c1)n4-c1ccccc1. The molecule has 0 fully saturated rings. The quantitative estimate of drug-likeness (QED) is 0.110. The first-order chi connectivity index (χ1) is 52.4. The maximum Gasteiger partial charge on any atom is 0.189 e. The van der Waals surface area contributed by atoms with E-state index in [1.54, 1.807) is 0 Å². The van der Waals surface area contributed by atoms with E-state index in [-0.39, 0.29) is 0 Å². The summed E-state index contributed by atoms with van der Waals surface area (Å²) in [5, 5.41) is 27.5. The minimum Gasteiger partial charge on any atom is -0.310 e. The second-order valence-corrected chi connectivity index (χ2v) is 28.4. The van der Waals surface area contributed by atoms with Gasteiger partial charge in [-0.1, -0.05) is 206 Å². The number of hydrogen-bond donors (Lipinski definition) is 0. The Kier molecular flexibility index (Phi) is 12.9. The monoisotopic (exact) mass is 1340 g/mol. The zero-order chi connectivity index (χ0) is 69.8. The number of hydrogen-bond acceptors (Lipinski definition) is 1. The predicted molar refractivity (Wildman–Crippen MR) is 447 cm³/mol. The maximum absolute atomic E-state index is 7.78. The van der Waals surface area contributed by atoms with Crippen LogP contribution in [0.15, 0.2) is 346 Å². The van der Waals surface area contributed by atoms with Crippen LogP contribution in [0.1, 0.15) is 0 Å². The molecule has 23 rings (SSSR count). The Balaban J connectivity index is 0.000000133. The molecule has 3 heterocycles. The molecule has 0 N–H and O–H groups in total. The Morgan fingerprint density at radius 3 is 0.896 bits per heavy atom. The number of para-hydroxylation sites is 2. The largest absolute Gasteiger partial charge is 0.310 e. The summed E-state index contributed by atoms with van der Waals surface area (Å²) in [5.41, 5.74) is 22.3. The Morgan fingerprint density at radius 1 is 0.217 bits per heavy atom. The van der Waals surface area contributed by atoms with Gasteiger partial charge in [0.05, 0.1) is 24.2 Å². The second kappa shape index (κ2) is 23.0. The smallest absolute Gasteiger partial charge is 0.189 e. The van der Waals surface area contributed by atoms with Gasteiger partial charge in [0.1, 0.15) is 0 Å². The highest BCUT2D eigenvalue weighted by Gasteiger charge is 2.23. The molecule has 0 bridgehead atoms. The van der Waals surface area contributed by atoms with Gasteiger partial charge in [-0.2, -0.15) is 0 Å². The summed E-state index contributed by atoms with van der Waals surface area (Å²) < 4.78 is 4.64. The van der Waals surface area contributed by atoms with Crippen molar-refractivity contribution in [3.8, 4) is 78.1 Å². The molecule has 0 saturated carbocycles. The van der Waals surface area contributed by atoms with E-state index < -0.39 is 0 Å². The lowest BCUT2D eigenvalue weighted by atomic mass is 9.88. The molecule has 486 valence electrons. The third-order valence-electron chi connectivity index (χ3n) is 22.5. The van der Waals surface area contributed by atoms with Gasteiger partial charge in [-0.25, -0.2) is 9.69 Å². The number of aromatic nitrogens is 3. The lowest BCUT2D eigenvalue weighted by Gasteiger charge is -2.15. The fraction of sp³-hybridized carbons (Fsp3) is 0. The van der Waals surface area contributed by atoms with Crippen LogP contribution in [0.2, 0.25) is 0 Å². The third kappa shape index (κ3) is 9.17. The van der Waals surface area contributed by atoms with E-state index in [0.717, 1.165) is 49.8 Å². The van der Waals surface area contributed by atoms with Crippen molar-refractivity contribution in [2.45, 2.75) is 0 Å². The van der Waals surface area contributed by atoms with Crippen molar-refractivity contribution >= 4 is 152 Å². The molecule has 0 spiro atoms. The van der Waals surface area contributed by atoms with E-state index in [0.29, 0.717) is 11.4 Å². The van der Waals surface area contributed by atoms with Crippen LogP contribution in [0, 0.1) is 13.1 Å². The van der Waals surface area contributed by atoms with Crippen molar-refractivity contribution in [3.05, 3.63) is 369 Å². The molecule has 3 aromatic heterocycles. The molecule has 0 saturated heterocycles. The summed E-state index contributed by atoms with van der Waals surface area (Å²) in [4.78, 5) is 12.0. The zero-order valence-corrected chi connectivity index (χ0v) is 57.1. The van der Waals surface area contributed by atoms with Gasteiger partial charge in [0.15, 0.2) is 11.4 Å². The average molecular weight is 1340 g/mol. The predicted octanol–water partition coefficient (Wildman–Crippen LogP) is 28.2. The summed E-state index contributed by atoms with van der Waals surface area (Å²) in [6.07, 6.45) is 3.75. The topological polar surface area (TPSA) is 31.5 Å². The van der Waals surface area contributed by atoms with Gasteiger partial charge in [-0.05, 0) is 286 Å². The van der Waals surface area contributed by atoms with E-state index in [9.17, 15) is 0 Å². The van der Waals surface area contributed by atoms with Crippen LogP contribution in [0.25, 0.3) is 228 Å². The van der Waals surface area contributed by atoms with Crippen molar-refractivity contribution in [3.63, 3.8) is 0 Å². The number of benzene rings is 20. The van der Waals surface area contributed by atoms with Crippen molar-refractivity contribution in [2.24, 2.45) is 0 Å². The summed E-state index contributed by atoms with van der Waals surface area (Å²) in [7, 11) is 0. The molecule has 20 aromatic carbocycles. The Hall–Kier alpha value is -14.5. The average Bonchev–Trinajstić information content (AvgIpc) is 1.52. The van der Waals surface area contributed by atoms with Crippen LogP contribution >= 0.6 is 0 Å². The molecule has 0 unspecified atom stereocenters. The van der Waals surface area contributed by atoms with Crippen LogP contribution in [0.5, 0.6) is 0 Å². The van der Waals surface area contributed by atoms with E-state index in [2.05, 4.69) is 321 Å². The van der Waals surface area contributed by atoms with Crippen molar-refractivity contribution in [2.75, 3.05) is 0 Å². The van der Waals surface area contributed by atoms with E-state index >= 15 is 0 Å². The highest BCUT2D eigenvalue weighted by Crippen LogP contribution is 2.48. The molecule has 5 nitrogen and oxygen atoms in total. The van der Waals surface area contributed by atoms with Gasteiger partial charge in [0.2, 0.25) is 0 Å². The second-order valence-electron chi connectivity index (χ2n) is 28.4. The highest BCUT2D eigenvalue weighted by molar-refractivity contribution is 6.29. The van der Waals surface area contributed by atoms with Crippen molar-refractivity contribution in [1.82, 2.24) is 14.1 Å². The summed E-state index contributed by atoms with van der Waals surface area (Å²) in [6.45, 7) is 15.5. The van der Waals surface area contributed by atoms with Crippen molar-refractivity contribution in [1.29, 1.82) is 0 Å². The lowest BCUT2D eigenvalue weighted by Crippen LogP contribution is -1.93. The van der Waals surface area contributed by atoms with Gasteiger partial charge >= 0.3 is 0 Å². The van der Waals surface area contributed by atoms with Crippen LogP contribution in [0.3, 0.4) is 0 Å². The van der Waals surface area contributed by atoms with Gasteiger partial charge in [-0.15, -0.1) is 0 Å². The molecule has 23 aromatic rings. The first kappa shape index (κ1) is 59.2. The lowest BCUT2D eigenvalue weighted by molar-refractivity contribution is 1.18. The standard InChI is InChI=1S/C53H30N2.C48H27N3/c1-54-44-29-40-23-22-39-26-42(30-48-52(39)53(40)49(31-44)55(48)45-10-3-2-4-11-45)33-16-14-32(15-17-33)41-24-35-18-20-37-27-43(28-38-21-19-36(25-41)50(35)51(37)38)47-13-7-9-34-8-5-6-12-46(34)47;1-49-41-25-36-18-17-35-24-40(26-43-47(35)48(36)44(27-41)51(43)42-7-3-2-4-8-42)30-11-9-29(10-12-30)38-20-31-13-15-33-22-39(37-6-5-19-50-28-37)23-34-16-14-32(21-38)45(31)46(33)34/h2-31H;2-28H. The summed E-state index contributed by atoms with van der Waals surface area (Å²) >= 11 is 0. The van der Waals surface area contributed by atoms with Gasteiger partial charge in [-0.3, -0.25) is 4.98 Å². The molecule has 0 atom stereocenters. The molecule has 0 aliphatic carbocycles. The Labute approximate surface area is 609 Å². The molecular formula is C101H57N5. The minimum absolute atomic E-state index is 0.656. The number of rotatable bonds is 8. The summed E-state index contributed by atoms with van der Waals surface area (Å²) in [6, 6.07) is 121. The molecule has 106 heavy (non-hydrogen) atoms. The van der Waals surface area contributed by atoms with E-state index in [4.69, 9.17) is 13.1 Å². The third-order valence-corrected chi connectivity index (χ3v) is 22.5. The van der Waals surface area contributed by atoms with Crippen LogP contribution in [0.4, 0.5) is 11.4 Å². The molecule has 5 heteroatoms. The maximum atomic E-state index is 7.78. The Bertz CT molecular complexity index is 7470. The number of fused-ring (bicyclic) bond motifs is 1. The highest BCUT2D eigenvalue weighted by atomic mass is 15.0. The van der Waals surface area contributed by atoms with E-state index in [1.165, 1.54) is 169 Å². The molecule has 0 aliphatic heterocycles. The van der Waals surface area contributed by atoms with Crippen LogP contribution in [-0.4, -0.2) is 14.1 Å². The molecular weight excluding hydrogens is 1280 g/mol. The van der Waals surface area contributed by atoms with Gasteiger partial charge in [0.25, 0.3) is 0 Å². The van der Waals surface area contributed by atoms with E-state index in [1.807, 2.05) is 48.8 Å². The minimum atomic E-state index is 0.656. The van der Waals surface area contributed by atoms with Crippen molar-refractivity contribution < 1.29 is 0 Å².